The van der Waals surface area contributed by atoms with E-state index in [1.807, 2.05) is 0 Å². The highest BCUT2D eigenvalue weighted by molar-refractivity contribution is 5.94. The minimum Gasteiger partial charge on any atom is -0.507 e. The van der Waals surface area contributed by atoms with Crippen molar-refractivity contribution in [1.82, 2.24) is 0 Å². The smallest absolute Gasteiger partial charge is 0.332 e. The van der Waals surface area contributed by atoms with Gasteiger partial charge in [-0.3, -0.25) is 0 Å². The fraction of sp³-hybridized carbons (Fsp3) is 0.174. The highest BCUT2D eigenvalue weighted by atomic mass is 16.7. The van der Waals surface area contributed by atoms with Gasteiger partial charge in [0.2, 0.25) is 6.79 Å². The Hall–Kier alpha value is -4.07. The van der Waals surface area contributed by atoms with Crippen molar-refractivity contribution in [3.63, 3.8) is 0 Å². The molecule has 0 saturated heterocycles. The molecule has 31 heavy (non-hydrogen) atoms. The highest BCUT2D eigenvalue weighted by Gasteiger charge is 2.21. The first kappa shape index (κ1) is 20.2. The van der Waals surface area contributed by atoms with Gasteiger partial charge in [0.25, 0.3) is 0 Å². The maximum atomic E-state index is 12.0. The van der Waals surface area contributed by atoms with E-state index in [0.717, 1.165) is 0 Å². The molecule has 0 radical (unpaired) electrons. The Bertz CT molecular complexity index is 1160. The first-order valence-electron chi connectivity index (χ1n) is 9.35. The molecule has 0 fully saturated rings. The van der Waals surface area contributed by atoms with Crippen LogP contribution in [0.1, 0.15) is 11.3 Å². The molecule has 8 heteroatoms. The Balaban J connectivity index is 1.71. The Kier molecular flexibility index (Phi) is 5.44. The molecule has 8 nitrogen and oxygen atoms in total. The van der Waals surface area contributed by atoms with E-state index in [1.165, 1.54) is 32.6 Å². The third kappa shape index (κ3) is 4.00. The zero-order valence-corrected chi connectivity index (χ0v) is 16.9. The zero-order chi connectivity index (χ0) is 22.0. The third-order valence-electron chi connectivity index (χ3n) is 4.93. The Morgan fingerprint density at radius 3 is 2.52 bits per heavy atom. The summed E-state index contributed by atoms with van der Waals surface area (Å²) in [6, 6.07) is 9.89. The van der Waals surface area contributed by atoms with Crippen molar-refractivity contribution in [2.75, 3.05) is 21.0 Å². The number of phenolic OH excluding ortho intramolecular Hbond substituents is 1. The third-order valence-corrected chi connectivity index (χ3v) is 4.93. The van der Waals surface area contributed by atoms with Crippen molar-refractivity contribution in [3.05, 3.63) is 59.6 Å². The van der Waals surface area contributed by atoms with Crippen LogP contribution in [0.3, 0.4) is 0 Å². The summed E-state index contributed by atoms with van der Waals surface area (Å²) in [5.74, 6) is 1.25. The normalized spacial score (nSPS) is 12.6. The van der Waals surface area contributed by atoms with E-state index in [-0.39, 0.29) is 24.5 Å². The molecule has 0 spiro atoms. The van der Waals surface area contributed by atoms with Gasteiger partial charge in [-0.25, -0.2) is 4.79 Å². The standard InChI is InChI=1S/C23H20O8/c1-27-15-3-4-16(18(24)10-15)17-5-6-29-20(17)9-14(23(25)26)7-13-8-21-22(31-12-30-21)11-19(13)28-2/h3-6,8-11,24H,7,12H2,1-2H3,(H,25,26)/b14-9+. The lowest BCUT2D eigenvalue weighted by Gasteiger charge is -2.11. The number of benzene rings is 2. The molecule has 2 heterocycles. The van der Waals surface area contributed by atoms with Crippen molar-refractivity contribution >= 4 is 12.0 Å². The number of phenols is 1. The number of aromatic hydroxyl groups is 1. The number of aliphatic carboxylic acids is 1. The molecule has 0 atom stereocenters. The average Bonchev–Trinajstić information content (AvgIpc) is 3.41. The molecule has 0 unspecified atom stereocenters. The number of rotatable bonds is 7. The van der Waals surface area contributed by atoms with Gasteiger partial charge in [-0.05, 0) is 30.3 Å². The first-order chi connectivity index (χ1) is 15.0. The van der Waals surface area contributed by atoms with Crippen LogP contribution in [0.5, 0.6) is 28.7 Å². The molecule has 1 aliphatic rings. The molecule has 0 aliphatic carbocycles. The molecular formula is C23H20O8. The van der Waals surface area contributed by atoms with E-state index >= 15 is 0 Å². The average molecular weight is 424 g/mol. The molecule has 0 saturated carbocycles. The van der Waals surface area contributed by atoms with Crippen LogP contribution in [0.15, 0.2) is 52.7 Å². The second-order valence-electron chi connectivity index (χ2n) is 6.75. The Morgan fingerprint density at radius 1 is 1.06 bits per heavy atom. The number of methoxy groups -OCH3 is 2. The predicted molar refractivity (Wildman–Crippen MR) is 111 cm³/mol. The van der Waals surface area contributed by atoms with E-state index in [1.54, 1.807) is 30.3 Å². The summed E-state index contributed by atoms with van der Waals surface area (Å²) in [6.07, 6.45) is 2.93. The maximum absolute atomic E-state index is 12.0. The quantitative estimate of drug-likeness (QED) is 0.546. The largest absolute Gasteiger partial charge is 0.507 e. The number of carbonyl (C=O) groups is 1. The van der Waals surface area contributed by atoms with Gasteiger partial charge < -0.3 is 33.6 Å². The predicted octanol–water partition coefficient (Wildman–Crippen LogP) is 4.11. The zero-order valence-electron chi connectivity index (χ0n) is 16.9. The van der Waals surface area contributed by atoms with E-state index in [0.29, 0.717) is 45.4 Å². The lowest BCUT2D eigenvalue weighted by molar-refractivity contribution is -0.132. The molecule has 1 aromatic heterocycles. The molecule has 160 valence electrons. The molecule has 3 aromatic rings. The van der Waals surface area contributed by atoms with E-state index in [4.69, 9.17) is 23.4 Å². The van der Waals surface area contributed by atoms with E-state index in [2.05, 4.69) is 0 Å². The topological polar surface area (TPSA) is 108 Å². The maximum Gasteiger partial charge on any atom is 0.332 e. The summed E-state index contributed by atoms with van der Waals surface area (Å²) in [5.41, 5.74) is 1.74. The highest BCUT2D eigenvalue weighted by Crippen LogP contribution is 2.40. The monoisotopic (exact) mass is 424 g/mol. The van der Waals surface area contributed by atoms with Crippen LogP contribution >= 0.6 is 0 Å². The van der Waals surface area contributed by atoms with Crippen LogP contribution in [0.2, 0.25) is 0 Å². The minimum absolute atomic E-state index is 0.00952. The molecule has 4 rings (SSSR count). The summed E-state index contributed by atoms with van der Waals surface area (Å²) in [5, 5.41) is 20.2. The molecule has 0 amide bonds. The van der Waals surface area contributed by atoms with Gasteiger partial charge >= 0.3 is 5.97 Å². The molecule has 2 aromatic carbocycles. The number of furan rings is 1. The molecular weight excluding hydrogens is 404 g/mol. The number of hydrogen-bond donors (Lipinski definition) is 2. The van der Waals surface area contributed by atoms with Crippen molar-refractivity contribution in [2.45, 2.75) is 6.42 Å². The summed E-state index contributed by atoms with van der Waals surface area (Å²) in [4.78, 5) is 12.0. The van der Waals surface area contributed by atoms with Gasteiger partial charge in [0.15, 0.2) is 11.5 Å². The summed E-state index contributed by atoms with van der Waals surface area (Å²) in [6.45, 7) is 0.102. The lowest BCUT2D eigenvalue weighted by atomic mass is 10.00. The van der Waals surface area contributed by atoms with Gasteiger partial charge in [-0.15, -0.1) is 0 Å². The number of carboxylic acid groups (broad SMARTS) is 1. The van der Waals surface area contributed by atoms with Crippen molar-refractivity contribution in [1.29, 1.82) is 0 Å². The van der Waals surface area contributed by atoms with E-state index < -0.39 is 5.97 Å². The van der Waals surface area contributed by atoms with Crippen LogP contribution in [-0.2, 0) is 11.2 Å². The number of ether oxygens (including phenoxy) is 4. The first-order valence-corrected chi connectivity index (χ1v) is 9.35. The fourth-order valence-corrected chi connectivity index (χ4v) is 3.37. The van der Waals surface area contributed by atoms with Gasteiger partial charge in [0.05, 0.1) is 20.5 Å². The van der Waals surface area contributed by atoms with Crippen LogP contribution in [0.4, 0.5) is 0 Å². The van der Waals surface area contributed by atoms with E-state index in [9.17, 15) is 15.0 Å². The van der Waals surface area contributed by atoms with Gasteiger partial charge in [-0.1, -0.05) is 0 Å². The van der Waals surface area contributed by atoms with Crippen LogP contribution in [0, 0.1) is 0 Å². The number of carboxylic acids is 1. The fourth-order valence-electron chi connectivity index (χ4n) is 3.37. The molecule has 0 bridgehead atoms. The van der Waals surface area contributed by atoms with Crippen molar-refractivity contribution < 1.29 is 38.4 Å². The van der Waals surface area contributed by atoms with Gasteiger partial charge in [0.1, 0.15) is 23.0 Å². The van der Waals surface area contributed by atoms with Crippen LogP contribution in [-0.4, -0.2) is 37.2 Å². The second-order valence-corrected chi connectivity index (χ2v) is 6.75. The summed E-state index contributed by atoms with van der Waals surface area (Å²) < 4.78 is 26.8. The second kappa shape index (κ2) is 8.35. The molecule has 2 N–H and O–H groups in total. The SMILES string of the molecule is COc1ccc(-c2ccoc2/C=C(\Cc2cc3c(cc2OC)OCO3)C(=O)O)c(O)c1. The van der Waals surface area contributed by atoms with Gasteiger partial charge in [-0.2, -0.15) is 0 Å². The van der Waals surface area contributed by atoms with Crippen molar-refractivity contribution in [3.8, 4) is 39.9 Å². The lowest BCUT2D eigenvalue weighted by Crippen LogP contribution is -2.05. The Labute approximate surface area is 177 Å². The van der Waals surface area contributed by atoms with Crippen molar-refractivity contribution in [2.24, 2.45) is 0 Å². The molecule has 1 aliphatic heterocycles. The minimum atomic E-state index is -1.11. The number of fused-ring (bicyclic) bond motifs is 1. The Morgan fingerprint density at radius 2 is 1.84 bits per heavy atom. The van der Waals surface area contributed by atoms with Crippen LogP contribution in [0.25, 0.3) is 17.2 Å². The number of hydrogen-bond acceptors (Lipinski definition) is 7. The van der Waals surface area contributed by atoms with Crippen LogP contribution < -0.4 is 18.9 Å². The summed E-state index contributed by atoms with van der Waals surface area (Å²) >= 11 is 0. The van der Waals surface area contributed by atoms with Gasteiger partial charge in [0, 0.05) is 40.8 Å². The summed E-state index contributed by atoms with van der Waals surface area (Å²) in [7, 11) is 3.01.